The number of ether oxygens (including phenoxy) is 2. The van der Waals surface area contributed by atoms with Crippen LogP contribution in [0.2, 0.25) is 0 Å². The number of methoxy groups -OCH3 is 1. The Kier molecular flexibility index (Phi) is 4.73. The Hall–Kier alpha value is -3.35. The summed E-state index contributed by atoms with van der Waals surface area (Å²) in [5.41, 5.74) is 1.89. The lowest BCUT2D eigenvalue weighted by Gasteiger charge is -2.29. The molecule has 1 fully saturated rings. The summed E-state index contributed by atoms with van der Waals surface area (Å²) < 4.78 is 10.7. The van der Waals surface area contributed by atoms with Crippen LogP contribution in [-0.2, 0) is 20.9 Å². The number of esters is 1. The van der Waals surface area contributed by atoms with E-state index in [0.29, 0.717) is 23.3 Å². The van der Waals surface area contributed by atoms with Crippen molar-refractivity contribution in [3.63, 3.8) is 0 Å². The Morgan fingerprint density at radius 2 is 1.93 bits per heavy atom. The fraction of sp³-hybridized carbons (Fsp3) is 0.286. The number of carbonyl (C=O) groups excluding carboxylic acids is 3. The summed E-state index contributed by atoms with van der Waals surface area (Å²) in [5.74, 6) is -0.279. The summed E-state index contributed by atoms with van der Waals surface area (Å²) in [7, 11) is 1.57. The highest BCUT2D eigenvalue weighted by atomic mass is 16.6. The number of nitrogens with one attached hydrogen (secondary N) is 1. The van der Waals surface area contributed by atoms with E-state index in [9.17, 15) is 14.4 Å². The lowest BCUT2D eigenvalue weighted by molar-refractivity contribution is -0.145. The number of likely N-dealkylation sites (tertiary alicyclic amines) is 1. The Bertz CT molecular complexity index is 942. The van der Waals surface area contributed by atoms with E-state index in [1.807, 2.05) is 24.3 Å². The number of amides is 2. The number of para-hydroxylation sites is 1. The second-order valence-corrected chi connectivity index (χ2v) is 6.73. The molecule has 0 bridgehead atoms. The van der Waals surface area contributed by atoms with E-state index in [4.69, 9.17) is 9.47 Å². The first-order valence-electron chi connectivity index (χ1n) is 9.11. The Labute approximate surface area is 162 Å². The molecule has 2 atom stereocenters. The lowest BCUT2D eigenvalue weighted by Crippen LogP contribution is -2.46. The molecule has 2 amide bonds. The van der Waals surface area contributed by atoms with Gasteiger partial charge in [-0.1, -0.05) is 36.4 Å². The zero-order valence-corrected chi connectivity index (χ0v) is 15.4. The second-order valence-electron chi connectivity index (χ2n) is 6.73. The molecule has 1 saturated heterocycles. The molecular weight excluding hydrogens is 360 g/mol. The average Bonchev–Trinajstić information content (AvgIpc) is 3.26. The number of hydrogen-bond acceptors (Lipinski definition) is 5. The molecule has 0 aliphatic carbocycles. The van der Waals surface area contributed by atoms with Gasteiger partial charge in [-0.2, -0.15) is 0 Å². The minimum Gasteiger partial charge on any atom is -0.496 e. The zero-order chi connectivity index (χ0) is 19.7. The van der Waals surface area contributed by atoms with Crippen LogP contribution in [0, 0.1) is 0 Å². The second kappa shape index (κ2) is 7.34. The van der Waals surface area contributed by atoms with E-state index < -0.39 is 18.2 Å². The summed E-state index contributed by atoms with van der Waals surface area (Å²) >= 11 is 0. The highest BCUT2D eigenvalue weighted by Crippen LogP contribution is 2.38. The summed E-state index contributed by atoms with van der Waals surface area (Å²) in [6, 6.07) is 13.7. The molecule has 2 aromatic carbocycles. The monoisotopic (exact) mass is 380 g/mol. The minimum absolute atomic E-state index is 0.202. The zero-order valence-electron chi connectivity index (χ0n) is 15.4. The van der Waals surface area contributed by atoms with Crippen molar-refractivity contribution < 1.29 is 23.9 Å². The Morgan fingerprint density at radius 3 is 2.75 bits per heavy atom. The SMILES string of the molecule is COc1ccccc1CNC(=O)[C@@H]1CCC(=O)N1[C@@H]1OC(=O)c2ccccc21. The molecule has 28 heavy (non-hydrogen) atoms. The quantitative estimate of drug-likeness (QED) is 0.804. The molecule has 2 heterocycles. The van der Waals surface area contributed by atoms with Crippen LogP contribution >= 0.6 is 0 Å². The van der Waals surface area contributed by atoms with Crippen LogP contribution in [0.3, 0.4) is 0 Å². The van der Waals surface area contributed by atoms with Crippen molar-refractivity contribution in [2.75, 3.05) is 7.11 Å². The van der Waals surface area contributed by atoms with Gasteiger partial charge in [0, 0.05) is 24.1 Å². The maximum Gasteiger partial charge on any atom is 0.340 e. The lowest BCUT2D eigenvalue weighted by atomic mass is 10.1. The third kappa shape index (κ3) is 3.09. The van der Waals surface area contributed by atoms with Gasteiger partial charge < -0.3 is 14.8 Å². The van der Waals surface area contributed by atoms with Crippen LogP contribution in [0.4, 0.5) is 0 Å². The predicted molar refractivity (Wildman–Crippen MR) is 99.3 cm³/mol. The Balaban J connectivity index is 1.52. The molecule has 0 radical (unpaired) electrons. The van der Waals surface area contributed by atoms with E-state index in [1.165, 1.54) is 4.90 Å². The van der Waals surface area contributed by atoms with Gasteiger partial charge in [-0.25, -0.2) is 4.79 Å². The first-order chi connectivity index (χ1) is 13.6. The number of nitrogens with zero attached hydrogens (tertiary/aromatic N) is 1. The molecular formula is C21H20N2O5. The van der Waals surface area contributed by atoms with E-state index >= 15 is 0 Å². The maximum absolute atomic E-state index is 12.8. The number of rotatable bonds is 5. The molecule has 2 aliphatic heterocycles. The summed E-state index contributed by atoms with van der Waals surface area (Å²) in [5, 5.41) is 2.87. The van der Waals surface area contributed by atoms with Gasteiger partial charge in [-0.05, 0) is 18.6 Å². The van der Waals surface area contributed by atoms with Crippen molar-refractivity contribution >= 4 is 17.8 Å². The minimum atomic E-state index is -0.860. The number of carbonyl (C=O) groups is 3. The van der Waals surface area contributed by atoms with E-state index in [-0.39, 0.29) is 24.8 Å². The summed E-state index contributed by atoms with van der Waals surface area (Å²) in [6.45, 7) is 0.280. The van der Waals surface area contributed by atoms with E-state index in [0.717, 1.165) is 5.56 Å². The smallest absolute Gasteiger partial charge is 0.340 e. The fourth-order valence-corrected chi connectivity index (χ4v) is 3.74. The van der Waals surface area contributed by atoms with Crippen LogP contribution < -0.4 is 10.1 Å². The molecule has 7 nitrogen and oxygen atoms in total. The van der Waals surface area contributed by atoms with Crippen LogP contribution in [0.15, 0.2) is 48.5 Å². The van der Waals surface area contributed by atoms with Gasteiger partial charge in [0.1, 0.15) is 11.8 Å². The van der Waals surface area contributed by atoms with Gasteiger partial charge in [-0.15, -0.1) is 0 Å². The molecule has 0 spiro atoms. The first kappa shape index (κ1) is 18.0. The number of fused-ring (bicyclic) bond motifs is 1. The molecule has 2 aliphatic rings. The molecule has 2 aromatic rings. The van der Waals surface area contributed by atoms with Gasteiger partial charge in [0.2, 0.25) is 18.0 Å². The predicted octanol–water partition coefficient (Wildman–Crippen LogP) is 2.17. The number of benzene rings is 2. The average molecular weight is 380 g/mol. The third-order valence-corrected chi connectivity index (χ3v) is 5.12. The fourth-order valence-electron chi connectivity index (χ4n) is 3.74. The molecule has 0 aromatic heterocycles. The van der Waals surface area contributed by atoms with E-state index in [2.05, 4.69) is 5.32 Å². The van der Waals surface area contributed by atoms with Crippen LogP contribution in [0.25, 0.3) is 0 Å². The largest absolute Gasteiger partial charge is 0.496 e. The normalized spacial score (nSPS) is 20.7. The van der Waals surface area contributed by atoms with Crippen molar-refractivity contribution in [3.8, 4) is 5.75 Å². The van der Waals surface area contributed by atoms with Crippen molar-refractivity contribution in [1.29, 1.82) is 0 Å². The van der Waals surface area contributed by atoms with Gasteiger partial charge in [0.15, 0.2) is 0 Å². The molecule has 144 valence electrons. The van der Waals surface area contributed by atoms with Crippen LogP contribution in [0.5, 0.6) is 5.75 Å². The highest BCUT2D eigenvalue weighted by Gasteiger charge is 2.46. The van der Waals surface area contributed by atoms with Gasteiger partial charge in [0.25, 0.3) is 0 Å². The third-order valence-electron chi connectivity index (χ3n) is 5.12. The summed E-state index contributed by atoms with van der Waals surface area (Å²) in [6.07, 6.45) is -0.240. The van der Waals surface area contributed by atoms with Gasteiger partial charge in [-0.3, -0.25) is 14.5 Å². The van der Waals surface area contributed by atoms with Crippen molar-refractivity contribution in [3.05, 3.63) is 65.2 Å². The molecule has 0 saturated carbocycles. The van der Waals surface area contributed by atoms with Crippen LogP contribution in [-0.4, -0.2) is 35.8 Å². The molecule has 7 heteroatoms. The standard InChI is InChI=1S/C21H20N2O5/c1-27-17-9-5-2-6-13(17)12-22-19(25)16-10-11-18(24)23(16)20-14-7-3-4-8-15(14)21(26)28-20/h2-9,16,20H,10-12H2,1H3,(H,22,25)/t16-,20+/m0/s1. The Morgan fingerprint density at radius 1 is 1.18 bits per heavy atom. The topological polar surface area (TPSA) is 84.9 Å². The number of hydrogen-bond donors (Lipinski definition) is 1. The van der Waals surface area contributed by atoms with Gasteiger partial charge >= 0.3 is 5.97 Å². The van der Waals surface area contributed by atoms with E-state index in [1.54, 1.807) is 31.4 Å². The first-order valence-corrected chi connectivity index (χ1v) is 9.11. The highest BCUT2D eigenvalue weighted by molar-refractivity contribution is 5.96. The maximum atomic E-state index is 12.8. The number of cyclic esters (lactones) is 1. The van der Waals surface area contributed by atoms with Gasteiger partial charge in [0.05, 0.1) is 12.7 Å². The molecule has 4 rings (SSSR count). The van der Waals surface area contributed by atoms with Crippen molar-refractivity contribution in [1.82, 2.24) is 10.2 Å². The van der Waals surface area contributed by atoms with Crippen molar-refractivity contribution in [2.24, 2.45) is 0 Å². The van der Waals surface area contributed by atoms with Crippen LogP contribution in [0.1, 0.15) is 40.6 Å². The van der Waals surface area contributed by atoms with Crippen molar-refractivity contribution in [2.45, 2.75) is 31.7 Å². The molecule has 0 unspecified atom stereocenters. The summed E-state index contributed by atoms with van der Waals surface area (Å²) in [4.78, 5) is 38.9. The molecule has 1 N–H and O–H groups in total.